The van der Waals surface area contributed by atoms with Gasteiger partial charge >= 0.3 is 0 Å². The van der Waals surface area contributed by atoms with Gasteiger partial charge in [-0.25, -0.2) is 0 Å². The largest absolute Gasteiger partial charge is 0.373 e. The summed E-state index contributed by atoms with van der Waals surface area (Å²) in [6, 6.07) is 0. The van der Waals surface area contributed by atoms with E-state index in [1.807, 2.05) is 0 Å². The van der Waals surface area contributed by atoms with Crippen molar-refractivity contribution < 1.29 is 4.74 Å². The van der Waals surface area contributed by atoms with E-state index in [2.05, 4.69) is 39.8 Å². The number of ether oxygens (including phenoxy) is 1. The van der Waals surface area contributed by atoms with Gasteiger partial charge in [-0.05, 0) is 110 Å². The molecule has 2 fully saturated rings. The summed E-state index contributed by atoms with van der Waals surface area (Å²) in [5, 5.41) is 0. The third-order valence-electron chi connectivity index (χ3n) is 11.8. The van der Waals surface area contributed by atoms with Crippen LogP contribution in [0.25, 0.3) is 0 Å². The van der Waals surface area contributed by atoms with Crippen LogP contribution in [-0.2, 0) is 4.74 Å². The molecule has 0 saturated heterocycles. The van der Waals surface area contributed by atoms with Gasteiger partial charge in [-0.3, -0.25) is 0 Å². The molecule has 0 heterocycles. The van der Waals surface area contributed by atoms with Gasteiger partial charge in [0, 0.05) is 0 Å². The molecule has 0 N–H and O–H groups in total. The quantitative estimate of drug-likeness (QED) is 0.169. The van der Waals surface area contributed by atoms with Gasteiger partial charge in [-0.15, -0.1) is 0 Å². The lowest BCUT2D eigenvalue weighted by atomic mass is 9.76. The van der Waals surface area contributed by atoms with Crippen molar-refractivity contribution in [3.63, 3.8) is 0 Å². The fourth-order valence-corrected chi connectivity index (χ4v) is 9.22. The molecule has 0 aromatic rings. The summed E-state index contributed by atoms with van der Waals surface area (Å²) in [5.74, 6) is 7.79. The van der Waals surface area contributed by atoms with Crippen LogP contribution in [0.3, 0.4) is 0 Å². The Morgan fingerprint density at radius 2 is 0.878 bits per heavy atom. The lowest BCUT2D eigenvalue weighted by Crippen LogP contribution is -2.16. The van der Waals surface area contributed by atoms with E-state index >= 15 is 0 Å². The first-order chi connectivity index (χ1) is 19.9. The maximum atomic E-state index is 6.23. The van der Waals surface area contributed by atoms with Crippen molar-refractivity contribution in [2.75, 3.05) is 13.2 Å². The first-order valence-electron chi connectivity index (χ1n) is 18.9. The van der Waals surface area contributed by atoms with E-state index in [9.17, 15) is 0 Å². The van der Waals surface area contributed by atoms with Crippen molar-refractivity contribution in [2.24, 2.45) is 47.3 Å². The number of hydrogen-bond donors (Lipinski definition) is 0. The maximum Gasteiger partial charge on any atom is 0.0681 e. The Balaban J connectivity index is 0.989. The average Bonchev–Trinajstić information content (AvgIpc) is 2.96. The van der Waals surface area contributed by atoms with Gasteiger partial charge in [0.2, 0.25) is 0 Å². The zero-order valence-corrected chi connectivity index (χ0v) is 28.2. The van der Waals surface area contributed by atoms with Gasteiger partial charge in [-0.2, -0.15) is 0 Å². The molecular weight excluding hydrogens is 496 g/mol. The molecular formula is C40H70O. The summed E-state index contributed by atoms with van der Waals surface area (Å²) in [6.07, 6.45) is 37.0. The Hall–Kier alpha value is -0.560. The lowest BCUT2D eigenvalue weighted by Gasteiger charge is -2.30. The van der Waals surface area contributed by atoms with Gasteiger partial charge in [0.1, 0.15) is 0 Å². The summed E-state index contributed by atoms with van der Waals surface area (Å²) < 4.78 is 6.23. The normalized spacial score (nSPS) is 31.4. The van der Waals surface area contributed by atoms with Crippen LogP contribution in [-0.4, -0.2) is 13.2 Å². The van der Waals surface area contributed by atoms with Crippen molar-refractivity contribution >= 4 is 0 Å². The topological polar surface area (TPSA) is 9.23 Å². The molecule has 4 aliphatic carbocycles. The molecule has 2 atom stereocenters. The van der Waals surface area contributed by atoms with E-state index in [-0.39, 0.29) is 0 Å². The highest BCUT2D eigenvalue weighted by Crippen LogP contribution is 2.38. The van der Waals surface area contributed by atoms with E-state index in [0.717, 1.165) is 60.6 Å². The summed E-state index contributed by atoms with van der Waals surface area (Å²) in [4.78, 5) is 0. The van der Waals surface area contributed by atoms with Gasteiger partial charge in [0.05, 0.1) is 13.2 Å². The summed E-state index contributed by atoms with van der Waals surface area (Å²) in [5.41, 5.74) is 3.16. The van der Waals surface area contributed by atoms with Gasteiger partial charge in [0.25, 0.3) is 0 Å². The SMILES string of the molecule is CC(C)CC1CCC(CCCC2CC=C(COCC3=CCC(CCCC4CCC(CC(C)C)CC4)CC3)CC2)CC1. The van der Waals surface area contributed by atoms with E-state index in [0.29, 0.717) is 0 Å². The molecule has 4 aliphatic rings. The standard InChI is InChI=1S/C40H70O/c1-31(2)27-37-19-11-33(12-20-37)7-5-9-35-15-23-39(24-16-35)29-41-30-40-25-17-36(18-26-40)10-6-8-34-13-21-38(22-14-34)28-32(3)4/h23,25,31-38H,5-22,24,26-30H2,1-4H3. The number of rotatable bonds is 16. The summed E-state index contributed by atoms with van der Waals surface area (Å²) >= 11 is 0. The molecule has 4 rings (SSSR count). The summed E-state index contributed by atoms with van der Waals surface area (Å²) in [6.45, 7) is 11.3. The van der Waals surface area contributed by atoms with Crippen LogP contribution >= 0.6 is 0 Å². The van der Waals surface area contributed by atoms with Gasteiger partial charge < -0.3 is 4.74 Å². The summed E-state index contributed by atoms with van der Waals surface area (Å²) in [7, 11) is 0. The highest BCUT2D eigenvalue weighted by Gasteiger charge is 2.24. The third-order valence-corrected chi connectivity index (χ3v) is 11.8. The van der Waals surface area contributed by atoms with E-state index in [1.54, 1.807) is 11.1 Å². The highest BCUT2D eigenvalue weighted by molar-refractivity contribution is 5.09. The Morgan fingerprint density at radius 1 is 0.512 bits per heavy atom. The molecule has 0 aromatic heterocycles. The molecule has 0 spiro atoms. The third kappa shape index (κ3) is 12.9. The molecule has 0 aliphatic heterocycles. The first-order valence-corrected chi connectivity index (χ1v) is 18.9. The van der Waals surface area contributed by atoms with Gasteiger partial charge in [-0.1, -0.05) is 130 Å². The van der Waals surface area contributed by atoms with Gasteiger partial charge in [0.15, 0.2) is 0 Å². The van der Waals surface area contributed by atoms with Crippen molar-refractivity contribution in [1.29, 1.82) is 0 Å². The molecule has 41 heavy (non-hydrogen) atoms. The maximum absolute atomic E-state index is 6.23. The molecule has 0 aromatic carbocycles. The molecule has 236 valence electrons. The zero-order chi connectivity index (χ0) is 28.9. The lowest BCUT2D eigenvalue weighted by molar-refractivity contribution is 0.169. The minimum Gasteiger partial charge on any atom is -0.373 e. The second-order valence-corrected chi connectivity index (χ2v) is 16.4. The van der Waals surface area contributed by atoms with Crippen LogP contribution in [0.5, 0.6) is 0 Å². The predicted octanol–water partition coefficient (Wildman–Crippen LogP) is 12.5. The van der Waals surface area contributed by atoms with Crippen LogP contribution in [0.1, 0.15) is 169 Å². The Morgan fingerprint density at radius 3 is 1.22 bits per heavy atom. The van der Waals surface area contributed by atoms with E-state index in [4.69, 9.17) is 4.74 Å². The van der Waals surface area contributed by atoms with Crippen molar-refractivity contribution in [3.05, 3.63) is 23.3 Å². The molecule has 1 nitrogen and oxygen atoms in total. The molecule has 1 heteroatoms. The molecule has 0 bridgehead atoms. The highest BCUT2D eigenvalue weighted by atomic mass is 16.5. The van der Waals surface area contributed by atoms with Crippen LogP contribution in [0, 0.1) is 47.3 Å². The van der Waals surface area contributed by atoms with Crippen molar-refractivity contribution in [1.82, 2.24) is 0 Å². The second-order valence-electron chi connectivity index (χ2n) is 16.4. The molecule has 0 amide bonds. The van der Waals surface area contributed by atoms with Crippen molar-refractivity contribution in [2.45, 2.75) is 169 Å². The van der Waals surface area contributed by atoms with Crippen LogP contribution in [0.15, 0.2) is 23.3 Å². The van der Waals surface area contributed by atoms with Crippen LogP contribution in [0.4, 0.5) is 0 Å². The first kappa shape index (κ1) is 33.3. The second kappa shape index (κ2) is 18.3. The molecule has 2 unspecified atom stereocenters. The predicted molar refractivity (Wildman–Crippen MR) is 179 cm³/mol. The minimum absolute atomic E-state index is 0.881. The van der Waals surface area contributed by atoms with E-state index < -0.39 is 0 Å². The van der Waals surface area contributed by atoms with Crippen molar-refractivity contribution in [3.8, 4) is 0 Å². The Kier molecular flexibility index (Phi) is 14.9. The Labute approximate surface area is 257 Å². The smallest absolute Gasteiger partial charge is 0.0681 e. The zero-order valence-electron chi connectivity index (χ0n) is 28.2. The Bertz CT molecular complexity index is 694. The minimum atomic E-state index is 0.881. The van der Waals surface area contributed by atoms with Crippen LogP contribution in [0.2, 0.25) is 0 Å². The fraction of sp³-hybridized carbons (Fsp3) is 0.900. The number of hydrogen-bond acceptors (Lipinski definition) is 1. The van der Waals surface area contributed by atoms with E-state index in [1.165, 1.54) is 141 Å². The fourth-order valence-electron chi connectivity index (χ4n) is 9.22. The monoisotopic (exact) mass is 567 g/mol. The average molecular weight is 567 g/mol. The number of allylic oxidation sites excluding steroid dienone is 2. The van der Waals surface area contributed by atoms with Crippen LogP contribution < -0.4 is 0 Å². The molecule has 0 radical (unpaired) electrons. The molecule has 2 saturated carbocycles.